The summed E-state index contributed by atoms with van der Waals surface area (Å²) in [6.07, 6.45) is 0.368. The molecule has 134 valence electrons. The third-order valence-corrected chi connectivity index (χ3v) is 3.21. The van der Waals surface area contributed by atoms with Gasteiger partial charge in [-0.2, -0.15) is 0 Å². The van der Waals surface area contributed by atoms with Gasteiger partial charge in [0.15, 0.2) is 5.78 Å². The minimum Gasteiger partial charge on any atom is -0.473 e. The van der Waals surface area contributed by atoms with Crippen LogP contribution in [0.1, 0.15) is 16.8 Å². The Balaban J connectivity index is 0.000000450. The van der Waals surface area contributed by atoms with E-state index in [2.05, 4.69) is 4.98 Å². The van der Waals surface area contributed by atoms with Crippen LogP contribution in [0.3, 0.4) is 0 Å². The number of aliphatic carboxylic acids is 2. The first kappa shape index (κ1) is 19.8. The molecule has 0 amide bonds. The van der Waals surface area contributed by atoms with Crippen LogP contribution in [0.2, 0.25) is 0 Å². The molecule has 0 saturated heterocycles. The number of aromatic amines is 1. The third-order valence-electron chi connectivity index (χ3n) is 3.21. The Morgan fingerprint density at radius 2 is 1.60 bits per heavy atom. The number of carbonyl (C=O) groups is 3. The van der Waals surface area contributed by atoms with E-state index in [1.807, 2.05) is 19.0 Å². The lowest BCUT2D eigenvalue weighted by molar-refractivity contribution is -0.159. The van der Waals surface area contributed by atoms with Gasteiger partial charge in [-0.25, -0.2) is 9.59 Å². The van der Waals surface area contributed by atoms with Gasteiger partial charge in [0.1, 0.15) is 5.82 Å². The Kier molecular flexibility index (Phi) is 6.82. The molecule has 0 fully saturated rings. The highest BCUT2D eigenvalue weighted by atomic mass is 16.4. The summed E-state index contributed by atoms with van der Waals surface area (Å²) in [7, 11) is 3.81. The zero-order valence-corrected chi connectivity index (χ0v) is 13.8. The number of fused-ring (bicyclic) bond motifs is 1. The van der Waals surface area contributed by atoms with Gasteiger partial charge in [0.25, 0.3) is 5.56 Å². The van der Waals surface area contributed by atoms with Crippen molar-refractivity contribution in [3.63, 3.8) is 0 Å². The number of nitrogen functional groups attached to an aromatic ring is 1. The maximum absolute atomic E-state index is 12.3. The molecular weight excluding hydrogens is 330 g/mol. The van der Waals surface area contributed by atoms with E-state index in [1.54, 1.807) is 24.3 Å². The Labute approximate surface area is 142 Å². The molecule has 0 saturated carbocycles. The summed E-state index contributed by atoms with van der Waals surface area (Å²) in [6, 6.07) is 7.01. The first-order valence-electron chi connectivity index (χ1n) is 7.19. The maximum Gasteiger partial charge on any atom is 0.414 e. The van der Waals surface area contributed by atoms with Crippen LogP contribution in [-0.4, -0.2) is 58.5 Å². The normalized spacial score (nSPS) is 10.2. The number of nitrogens with two attached hydrogens (primary N) is 1. The van der Waals surface area contributed by atoms with Crippen molar-refractivity contribution in [2.45, 2.75) is 6.42 Å². The van der Waals surface area contributed by atoms with Gasteiger partial charge in [-0.15, -0.1) is 0 Å². The van der Waals surface area contributed by atoms with E-state index in [0.717, 1.165) is 0 Å². The Morgan fingerprint density at radius 3 is 2.08 bits per heavy atom. The van der Waals surface area contributed by atoms with E-state index < -0.39 is 11.9 Å². The number of hydrogen-bond donors (Lipinski definition) is 4. The van der Waals surface area contributed by atoms with Gasteiger partial charge in [-0.05, 0) is 20.2 Å². The molecule has 1 aromatic carbocycles. The Hall–Kier alpha value is -3.20. The zero-order valence-electron chi connectivity index (χ0n) is 13.8. The number of H-pyrrole nitrogens is 1. The molecule has 25 heavy (non-hydrogen) atoms. The van der Waals surface area contributed by atoms with E-state index in [4.69, 9.17) is 25.5 Å². The van der Waals surface area contributed by atoms with Crippen LogP contribution in [0.5, 0.6) is 0 Å². The minimum atomic E-state index is -1.82. The van der Waals surface area contributed by atoms with Gasteiger partial charge in [-0.3, -0.25) is 9.59 Å². The predicted octanol–water partition coefficient (Wildman–Crippen LogP) is 0.400. The van der Waals surface area contributed by atoms with Crippen molar-refractivity contribution in [1.29, 1.82) is 0 Å². The number of carbonyl (C=O) groups excluding carboxylic acids is 1. The fourth-order valence-corrected chi connectivity index (χ4v) is 2.05. The minimum absolute atomic E-state index is 0.0568. The predicted molar refractivity (Wildman–Crippen MR) is 91.8 cm³/mol. The van der Waals surface area contributed by atoms with Crippen LogP contribution >= 0.6 is 0 Å². The Bertz CT molecular complexity index is 845. The van der Waals surface area contributed by atoms with Gasteiger partial charge in [0, 0.05) is 23.7 Å². The molecule has 2 rings (SSSR count). The number of nitrogens with one attached hydrogen (secondary N) is 1. The number of carboxylic acids is 2. The molecule has 5 N–H and O–H groups in total. The highest BCUT2D eigenvalue weighted by Gasteiger charge is 2.16. The van der Waals surface area contributed by atoms with Crippen molar-refractivity contribution in [3.8, 4) is 0 Å². The average molecular weight is 349 g/mol. The number of ketones is 1. The standard InChI is InChI=1S/C14H17N3O2.C2H2O4/c1-17(2)8-7-11(18)12-9-5-3-4-6-10(9)14(19)16-13(12)15;3-1(4)2(5)6/h3-6H,7-8H2,1-2H3,(H3,15,16,19);(H,3,4)(H,5,6). The van der Waals surface area contributed by atoms with Crippen LogP contribution in [0.4, 0.5) is 5.82 Å². The molecule has 0 aliphatic rings. The van der Waals surface area contributed by atoms with E-state index in [1.165, 1.54) is 0 Å². The molecule has 9 heteroatoms. The molecule has 9 nitrogen and oxygen atoms in total. The summed E-state index contributed by atoms with van der Waals surface area (Å²) in [6.45, 7) is 0.645. The number of aromatic nitrogens is 1. The summed E-state index contributed by atoms with van der Waals surface area (Å²) >= 11 is 0. The number of Topliss-reactive ketones (excluding diaryl/α,β-unsaturated/α-hetero) is 1. The molecule has 1 aromatic heterocycles. The summed E-state index contributed by atoms with van der Waals surface area (Å²) in [4.78, 5) is 46.7. The number of benzene rings is 1. The van der Waals surface area contributed by atoms with Crippen molar-refractivity contribution >= 4 is 34.3 Å². The number of anilines is 1. The monoisotopic (exact) mass is 349 g/mol. The third kappa shape index (κ3) is 5.43. The average Bonchev–Trinajstić information content (AvgIpc) is 2.53. The van der Waals surface area contributed by atoms with Gasteiger partial charge in [-0.1, -0.05) is 18.2 Å². The number of rotatable bonds is 4. The largest absolute Gasteiger partial charge is 0.473 e. The number of carboxylic acid groups (broad SMARTS) is 2. The van der Waals surface area contributed by atoms with Crippen LogP contribution in [0.25, 0.3) is 10.8 Å². The zero-order chi connectivity index (χ0) is 19.1. The molecular formula is C16H19N3O6. The first-order chi connectivity index (χ1) is 11.6. The second kappa shape index (κ2) is 8.60. The lowest BCUT2D eigenvalue weighted by Gasteiger charge is -2.11. The molecule has 0 unspecified atom stereocenters. The molecule has 0 aliphatic heterocycles. The summed E-state index contributed by atoms with van der Waals surface area (Å²) in [5.41, 5.74) is 5.95. The van der Waals surface area contributed by atoms with Crippen LogP contribution in [-0.2, 0) is 9.59 Å². The quantitative estimate of drug-likeness (QED) is 0.457. The molecule has 0 bridgehead atoms. The Morgan fingerprint density at radius 1 is 1.08 bits per heavy atom. The molecule has 2 aromatic rings. The molecule has 0 atom stereocenters. The van der Waals surface area contributed by atoms with E-state index in [0.29, 0.717) is 29.3 Å². The lowest BCUT2D eigenvalue weighted by atomic mass is 10.0. The second-order valence-electron chi connectivity index (χ2n) is 5.38. The SMILES string of the molecule is CN(C)CCC(=O)c1c(N)[nH]c(=O)c2ccccc12.O=C(O)C(=O)O. The molecule has 0 radical (unpaired) electrons. The van der Waals surface area contributed by atoms with Gasteiger partial charge < -0.3 is 25.8 Å². The summed E-state index contributed by atoms with van der Waals surface area (Å²) in [5, 5.41) is 15.9. The fourth-order valence-electron chi connectivity index (χ4n) is 2.05. The molecule has 0 spiro atoms. The fraction of sp³-hybridized carbons (Fsp3) is 0.250. The van der Waals surface area contributed by atoms with Crippen molar-refractivity contribution in [1.82, 2.24) is 9.88 Å². The smallest absolute Gasteiger partial charge is 0.414 e. The van der Waals surface area contributed by atoms with E-state index in [9.17, 15) is 9.59 Å². The van der Waals surface area contributed by atoms with Crippen molar-refractivity contribution in [2.24, 2.45) is 0 Å². The summed E-state index contributed by atoms with van der Waals surface area (Å²) in [5.74, 6) is -3.56. The number of pyridine rings is 1. The van der Waals surface area contributed by atoms with E-state index in [-0.39, 0.29) is 17.2 Å². The second-order valence-corrected chi connectivity index (χ2v) is 5.38. The number of hydrogen-bond acceptors (Lipinski definition) is 6. The first-order valence-corrected chi connectivity index (χ1v) is 7.19. The highest BCUT2D eigenvalue weighted by molar-refractivity contribution is 6.27. The van der Waals surface area contributed by atoms with Crippen molar-refractivity contribution < 1.29 is 24.6 Å². The van der Waals surface area contributed by atoms with Gasteiger partial charge in [0.2, 0.25) is 0 Å². The molecule has 0 aliphatic carbocycles. The molecule has 1 heterocycles. The van der Waals surface area contributed by atoms with Gasteiger partial charge in [0.05, 0.1) is 5.56 Å². The topological polar surface area (TPSA) is 154 Å². The van der Waals surface area contributed by atoms with E-state index >= 15 is 0 Å². The van der Waals surface area contributed by atoms with Crippen molar-refractivity contribution in [2.75, 3.05) is 26.4 Å². The van der Waals surface area contributed by atoms with Crippen molar-refractivity contribution in [3.05, 3.63) is 40.2 Å². The lowest BCUT2D eigenvalue weighted by Crippen LogP contribution is -2.20. The highest BCUT2D eigenvalue weighted by Crippen LogP contribution is 2.21. The summed E-state index contributed by atoms with van der Waals surface area (Å²) < 4.78 is 0. The van der Waals surface area contributed by atoms with Crippen LogP contribution < -0.4 is 11.3 Å². The van der Waals surface area contributed by atoms with Crippen LogP contribution in [0, 0.1) is 0 Å². The number of nitrogens with zero attached hydrogens (tertiary/aromatic N) is 1. The van der Waals surface area contributed by atoms with Crippen LogP contribution in [0.15, 0.2) is 29.1 Å². The maximum atomic E-state index is 12.3. The van der Waals surface area contributed by atoms with Gasteiger partial charge >= 0.3 is 11.9 Å².